The van der Waals surface area contributed by atoms with E-state index in [1.807, 2.05) is 44.2 Å². The Morgan fingerprint density at radius 2 is 1.52 bits per heavy atom. The second-order valence-corrected chi connectivity index (χ2v) is 12.6. The van der Waals surface area contributed by atoms with Gasteiger partial charge in [-0.3, -0.25) is 13.9 Å². The topological polar surface area (TPSA) is 86.8 Å². The fraction of sp³-hybridized carbons (Fsp3) is 0.310. The normalized spacial score (nSPS) is 12.8. The van der Waals surface area contributed by atoms with E-state index in [4.69, 9.17) is 34.8 Å². The summed E-state index contributed by atoms with van der Waals surface area (Å²) >= 11 is 19.0. The number of anilines is 1. The molecule has 0 aromatic heterocycles. The smallest absolute Gasteiger partial charge is 0.244 e. The van der Waals surface area contributed by atoms with Gasteiger partial charge in [-0.15, -0.1) is 0 Å². The molecule has 2 atom stereocenters. The van der Waals surface area contributed by atoms with Gasteiger partial charge in [-0.25, -0.2) is 8.42 Å². The Hall–Kier alpha value is -2.78. The van der Waals surface area contributed by atoms with E-state index in [1.165, 1.54) is 17.0 Å². The first-order chi connectivity index (χ1) is 18.9. The molecule has 2 amide bonds. The monoisotopic (exact) mass is 623 g/mol. The van der Waals surface area contributed by atoms with Gasteiger partial charge in [-0.1, -0.05) is 96.3 Å². The molecule has 0 fully saturated rings. The average Bonchev–Trinajstić information content (AvgIpc) is 2.91. The minimum absolute atomic E-state index is 0.00426. The summed E-state index contributed by atoms with van der Waals surface area (Å²) in [6.07, 6.45) is 1.88. The minimum atomic E-state index is -3.98. The number of nitrogens with one attached hydrogen (secondary N) is 1. The van der Waals surface area contributed by atoms with Crippen molar-refractivity contribution < 1.29 is 18.0 Å². The summed E-state index contributed by atoms with van der Waals surface area (Å²) in [4.78, 5) is 29.2. The molecule has 0 aliphatic rings. The molecule has 0 heterocycles. The third-order valence-electron chi connectivity index (χ3n) is 6.45. The summed E-state index contributed by atoms with van der Waals surface area (Å²) < 4.78 is 26.7. The quantitative estimate of drug-likeness (QED) is 0.269. The van der Waals surface area contributed by atoms with Crippen molar-refractivity contribution in [2.24, 2.45) is 0 Å². The molecule has 11 heteroatoms. The van der Waals surface area contributed by atoms with E-state index in [9.17, 15) is 18.0 Å². The fourth-order valence-electron chi connectivity index (χ4n) is 4.08. The largest absolute Gasteiger partial charge is 0.352 e. The second-order valence-electron chi connectivity index (χ2n) is 9.48. The van der Waals surface area contributed by atoms with Crippen LogP contribution >= 0.6 is 34.8 Å². The summed E-state index contributed by atoms with van der Waals surface area (Å²) in [5.74, 6) is -0.966. The molecular weight excluding hydrogens is 593 g/mol. The highest BCUT2D eigenvalue weighted by atomic mass is 35.5. The van der Waals surface area contributed by atoms with Crippen LogP contribution < -0.4 is 9.62 Å². The second kappa shape index (κ2) is 14.2. The number of benzene rings is 3. The Balaban J connectivity index is 2.10. The van der Waals surface area contributed by atoms with Gasteiger partial charge in [0.1, 0.15) is 12.6 Å². The first kappa shape index (κ1) is 31.7. The summed E-state index contributed by atoms with van der Waals surface area (Å²) in [5.41, 5.74) is 1.51. The zero-order chi connectivity index (χ0) is 29.4. The lowest BCUT2D eigenvalue weighted by Crippen LogP contribution is -2.54. The molecule has 1 N–H and O–H groups in total. The van der Waals surface area contributed by atoms with Gasteiger partial charge in [-0.05, 0) is 42.7 Å². The number of carbonyl (C=O) groups excluding carboxylic acids is 2. The van der Waals surface area contributed by atoms with Crippen LogP contribution in [0.4, 0.5) is 5.69 Å². The molecule has 0 aliphatic carbocycles. The third-order valence-corrected chi connectivity index (χ3v) is 8.75. The number of hydrogen-bond donors (Lipinski definition) is 1. The van der Waals surface area contributed by atoms with Gasteiger partial charge in [0.25, 0.3) is 0 Å². The number of halogens is 3. The Kier molecular flexibility index (Phi) is 11.3. The predicted molar refractivity (Wildman–Crippen MR) is 162 cm³/mol. The SMILES string of the molecule is CC[C@@H](C)NC(=O)[C@@H](Cc1ccccc1)N(Cc1ccccc1Cl)C(=O)CN(c1cccc(Cl)c1Cl)S(C)(=O)=O. The van der Waals surface area contributed by atoms with Crippen LogP contribution in [0.2, 0.25) is 15.1 Å². The lowest BCUT2D eigenvalue weighted by Gasteiger charge is -2.34. The molecule has 3 rings (SSSR count). The lowest BCUT2D eigenvalue weighted by molar-refractivity contribution is -0.140. The van der Waals surface area contributed by atoms with Crippen LogP contribution in [-0.4, -0.2) is 50.0 Å². The average molecular weight is 625 g/mol. The highest BCUT2D eigenvalue weighted by Crippen LogP contribution is 2.34. The zero-order valence-corrected chi connectivity index (χ0v) is 25.6. The minimum Gasteiger partial charge on any atom is -0.352 e. The number of sulfonamides is 1. The Morgan fingerprint density at radius 1 is 0.900 bits per heavy atom. The number of carbonyl (C=O) groups is 2. The maximum Gasteiger partial charge on any atom is 0.244 e. The highest BCUT2D eigenvalue weighted by molar-refractivity contribution is 7.92. The van der Waals surface area contributed by atoms with Gasteiger partial charge >= 0.3 is 0 Å². The lowest BCUT2D eigenvalue weighted by atomic mass is 10.0. The molecular formula is C29H32Cl3N3O4S. The predicted octanol–water partition coefficient (Wildman–Crippen LogP) is 5.97. The van der Waals surface area contributed by atoms with Gasteiger partial charge in [-0.2, -0.15) is 0 Å². The zero-order valence-electron chi connectivity index (χ0n) is 22.5. The van der Waals surface area contributed by atoms with Gasteiger partial charge in [0.15, 0.2) is 0 Å². The van der Waals surface area contributed by atoms with Crippen molar-refractivity contribution in [1.82, 2.24) is 10.2 Å². The molecule has 3 aromatic carbocycles. The number of rotatable bonds is 12. The standard InChI is InChI=1S/C29H32Cl3N3O4S/c1-4-20(2)33-29(37)26(17-21-11-6-5-7-12-21)34(18-22-13-8-9-14-23(22)30)27(36)19-35(40(3,38)39)25-16-10-15-24(31)28(25)32/h5-16,20,26H,4,17-19H2,1-3H3,(H,33,37)/t20-,26-/m1/s1. The van der Waals surface area contributed by atoms with Crippen molar-refractivity contribution in [1.29, 1.82) is 0 Å². The van der Waals surface area contributed by atoms with Gasteiger partial charge in [0.2, 0.25) is 21.8 Å². The van der Waals surface area contributed by atoms with E-state index in [0.29, 0.717) is 17.0 Å². The van der Waals surface area contributed by atoms with E-state index in [-0.39, 0.29) is 40.6 Å². The van der Waals surface area contributed by atoms with Crippen molar-refractivity contribution in [3.63, 3.8) is 0 Å². The van der Waals surface area contributed by atoms with Gasteiger partial charge in [0.05, 0.1) is 22.0 Å². The van der Waals surface area contributed by atoms with E-state index in [0.717, 1.165) is 16.1 Å². The summed E-state index contributed by atoms with van der Waals surface area (Å²) in [6.45, 7) is 3.20. The molecule has 0 saturated carbocycles. The molecule has 0 saturated heterocycles. The van der Waals surface area contributed by atoms with Crippen LogP contribution in [0.25, 0.3) is 0 Å². The molecule has 40 heavy (non-hydrogen) atoms. The molecule has 3 aromatic rings. The van der Waals surface area contributed by atoms with Crippen molar-refractivity contribution in [2.45, 2.75) is 45.3 Å². The van der Waals surface area contributed by atoms with Gasteiger partial charge < -0.3 is 10.2 Å². The highest BCUT2D eigenvalue weighted by Gasteiger charge is 2.34. The van der Waals surface area contributed by atoms with Crippen molar-refractivity contribution >= 4 is 62.3 Å². The van der Waals surface area contributed by atoms with Crippen LogP contribution in [0.5, 0.6) is 0 Å². The molecule has 0 spiro atoms. The van der Waals surface area contributed by atoms with Crippen molar-refractivity contribution in [2.75, 3.05) is 17.1 Å². The molecule has 0 radical (unpaired) electrons. The summed E-state index contributed by atoms with van der Waals surface area (Å²) in [7, 11) is -3.98. The first-order valence-electron chi connectivity index (χ1n) is 12.7. The number of nitrogens with zero attached hydrogens (tertiary/aromatic N) is 2. The maximum absolute atomic E-state index is 14.1. The molecule has 0 unspecified atom stereocenters. The Morgan fingerprint density at radius 3 is 2.15 bits per heavy atom. The van der Waals surface area contributed by atoms with Crippen molar-refractivity contribution in [3.05, 3.63) is 99.0 Å². The molecule has 0 bridgehead atoms. The van der Waals surface area contributed by atoms with Gasteiger partial charge in [0, 0.05) is 24.0 Å². The van der Waals surface area contributed by atoms with Crippen LogP contribution in [0.15, 0.2) is 72.8 Å². The van der Waals surface area contributed by atoms with E-state index < -0.39 is 28.5 Å². The first-order valence-corrected chi connectivity index (χ1v) is 15.7. The Labute approximate surface area is 251 Å². The molecule has 0 aliphatic heterocycles. The van der Waals surface area contributed by atoms with E-state index in [1.54, 1.807) is 30.3 Å². The Bertz CT molecular complexity index is 1440. The molecule has 7 nitrogen and oxygen atoms in total. The van der Waals surface area contributed by atoms with Crippen LogP contribution in [-0.2, 0) is 32.6 Å². The third kappa shape index (κ3) is 8.36. The fourth-order valence-corrected chi connectivity index (χ4v) is 5.58. The van der Waals surface area contributed by atoms with Crippen molar-refractivity contribution in [3.8, 4) is 0 Å². The van der Waals surface area contributed by atoms with E-state index in [2.05, 4.69) is 5.32 Å². The van der Waals surface area contributed by atoms with Crippen LogP contribution in [0.1, 0.15) is 31.4 Å². The van der Waals surface area contributed by atoms with Crippen LogP contribution in [0, 0.1) is 0 Å². The number of hydrogen-bond acceptors (Lipinski definition) is 4. The number of amides is 2. The molecule has 214 valence electrons. The summed E-state index contributed by atoms with van der Waals surface area (Å²) in [6, 6.07) is 19.8. The summed E-state index contributed by atoms with van der Waals surface area (Å²) in [5, 5.41) is 3.53. The van der Waals surface area contributed by atoms with E-state index >= 15 is 0 Å². The van der Waals surface area contributed by atoms with Crippen LogP contribution in [0.3, 0.4) is 0 Å². The maximum atomic E-state index is 14.1.